The summed E-state index contributed by atoms with van der Waals surface area (Å²) in [5, 5.41) is 0.604. The monoisotopic (exact) mass is 314 g/mol. The molecule has 3 rings (SSSR count). The van der Waals surface area contributed by atoms with E-state index in [1.807, 2.05) is 24.3 Å². The Morgan fingerprint density at radius 1 is 1.36 bits per heavy atom. The number of nitrogens with zero attached hydrogens (tertiary/aromatic N) is 1. The number of fused-ring (bicyclic) bond motifs is 1. The van der Waals surface area contributed by atoms with Crippen LogP contribution in [0.3, 0.4) is 0 Å². The van der Waals surface area contributed by atoms with E-state index in [0.29, 0.717) is 22.9 Å². The van der Waals surface area contributed by atoms with Gasteiger partial charge in [-0.3, -0.25) is 4.79 Å². The van der Waals surface area contributed by atoms with Gasteiger partial charge in [0.1, 0.15) is 0 Å². The number of hydrogen-bond donors (Lipinski definition) is 1. The Kier molecular flexibility index (Phi) is 4.11. The van der Waals surface area contributed by atoms with Crippen molar-refractivity contribution in [3.05, 3.63) is 63.1 Å². The summed E-state index contributed by atoms with van der Waals surface area (Å²) in [4.78, 5) is 30.5. The number of allylic oxidation sites excluding steroid dienone is 1. The number of methoxy groups -OCH3 is 1. The van der Waals surface area contributed by atoms with Crippen LogP contribution in [0.5, 0.6) is 0 Å². The van der Waals surface area contributed by atoms with Crippen molar-refractivity contribution in [2.45, 2.75) is 17.3 Å². The zero-order chi connectivity index (χ0) is 15.5. The fourth-order valence-electron chi connectivity index (χ4n) is 2.19. The molecule has 112 valence electrons. The highest BCUT2D eigenvalue weighted by atomic mass is 32.2. The van der Waals surface area contributed by atoms with Gasteiger partial charge < -0.3 is 9.72 Å². The molecule has 0 amide bonds. The van der Waals surface area contributed by atoms with Crippen molar-refractivity contribution >= 4 is 23.8 Å². The number of aromatic nitrogens is 2. The minimum atomic E-state index is -0.351. The lowest BCUT2D eigenvalue weighted by Gasteiger charge is -2.04. The highest BCUT2D eigenvalue weighted by Gasteiger charge is 2.13. The van der Waals surface area contributed by atoms with Crippen molar-refractivity contribution in [2.24, 2.45) is 0 Å². The van der Waals surface area contributed by atoms with Crippen molar-refractivity contribution in [1.82, 2.24) is 9.97 Å². The van der Waals surface area contributed by atoms with Gasteiger partial charge in [-0.05, 0) is 30.2 Å². The summed E-state index contributed by atoms with van der Waals surface area (Å²) >= 11 is 1.46. The minimum Gasteiger partial charge on any atom is -0.465 e. The summed E-state index contributed by atoms with van der Waals surface area (Å²) in [6, 6.07) is 7.18. The number of esters is 1. The van der Waals surface area contributed by atoms with Crippen LogP contribution in [0.1, 0.15) is 27.2 Å². The first kappa shape index (κ1) is 14.6. The minimum absolute atomic E-state index is 0.0708. The van der Waals surface area contributed by atoms with Crippen molar-refractivity contribution in [3.63, 3.8) is 0 Å². The largest absolute Gasteiger partial charge is 0.465 e. The van der Waals surface area contributed by atoms with Crippen LogP contribution in [-0.4, -0.2) is 23.0 Å². The van der Waals surface area contributed by atoms with Crippen molar-refractivity contribution in [1.29, 1.82) is 0 Å². The lowest BCUT2D eigenvalue weighted by molar-refractivity contribution is 0.0600. The SMILES string of the molecule is COC(=O)c1ccc(CSc2nc3c(c(=O)[nH]2)CC=C3)cc1. The van der Waals surface area contributed by atoms with Gasteiger partial charge in [-0.15, -0.1) is 0 Å². The van der Waals surface area contributed by atoms with Gasteiger partial charge in [-0.1, -0.05) is 30.0 Å². The van der Waals surface area contributed by atoms with Gasteiger partial charge in [0.25, 0.3) is 5.56 Å². The second-order valence-electron chi connectivity index (χ2n) is 4.82. The van der Waals surface area contributed by atoms with E-state index in [1.54, 1.807) is 12.1 Å². The summed E-state index contributed by atoms with van der Waals surface area (Å²) in [5.41, 5.74) is 2.97. The Labute approximate surface area is 131 Å². The molecule has 0 radical (unpaired) electrons. The molecule has 6 heteroatoms. The van der Waals surface area contributed by atoms with Crippen LogP contribution in [0.25, 0.3) is 6.08 Å². The number of carbonyl (C=O) groups is 1. The van der Waals surface area contributed by atoms with E-state index in [1.165, 1.54) is 18.9 Å². The number of hydrogen-bond acceptors (Lipinski definition) is 5. The number of rotatable bonds is 4. The molecule has 22 heavy (non-hydrogen) atoms. The van der Waals surface area contributed by atoms with Gasteiger partial charge in [-0.25, -0.2) is 9.78 Å². The van der Waals surface area contributed by atoms with Crippen LogP contribution >= 0.6 is 11.8 Å². The maximum Gasteiger partial charge on any atom is 0.337 e. The first-order valence-electron chi connectivity index (χ1n) is 6.77. The number of benzene rings is 1. The van der Waals surface area contributed by atoms with Gasteiger partial charge >= 0.3 is 5.97 Å². The molecule has 5 nitrogen and oxygen atoms in total. The van der Waals surface area contributed by atoms with Gasteiger partial charge in [0.05, 0.1) is 18.4 Å². The molecule has 0 spiro atoms. The fourth-order valence-corrected chi connectivity index (χ4v) is 3.02. The highest BCUT2D eigenvalue weighted by molar-refractivity contribution is 7.98. The first-order chi connectivity index (χ1) is 10.7. The van der Waals surface area contributed by atoms with Crippen molar-refractivity contribution in [2.75, 3.05) is 7.11 Å². The van der Waals surface area contributed by atoms with Crippen LogP contribution in [0.4, 0.5) is 0 Å². The maximum absolute atomic E-state index is 11.9. The molecule has 1 aliphatic rings. The quantitative estimate of drug-likeness (QED) is 0.533. The van der Waals surface area contributed by atoms with E-state index in [4.69, 9.17) is 0 Å². The topological polar surface area (TPSA) is 72.0 Å². The van der Waals surface area contributed by atoms with E-state index in [9.17, 15) is 9.59 Å². The maximum atomic E-state index is 11.9. The number of aromatic amines is 1. The smallest absolute Gasteiger partial charge is 0.337 e. The molecule has 0 saturated heterocycles. The Hall–Kier alpha value is -2.34. The molecule has 0 bridgehead atoms. The first-order valence-corrected chi connectivity index (χ1v) is 7.75. The summed E-state index contributed by atoms with van der Waals surface area (Å²) in [7, 11) is 1.36. The van der Waals surface area contributed by atoms with E-state index in [-0.39, 0.29) is 11.5 Å². The van der Waals surface area contributed by atoms with Gasteiger partial charge in [0.2, 0.25) is 0 Å². The molecular weight excluding hydrogens is 300 g/mol. The Morgan fingerprint density at radius 2 is 2.14 bits per heavy atom. The zero-order valence-corrected chi connectivity index (χ0v) is 12.8. The number of H-pyrrole nitrogens is 1. The Balaban J connectivity index is 1.70. The molecule has 0 aliphatic heterocycles. The summed E-state index contributed by atoms with van der Waals surface area (Å²) in [6.45, 7) is 0. The third-order valence-corrected chi connectivity index (χ3v) is 4.32. The number of carbonyl (C=O) groups excluding carboxylic acids is 1. The Bertz CT molecular complexity index is 794. The second-order valence-corrected chi connectivity index (χ2v) is 5.78. The molecule has 0 unspecified atom stereocenters. The zero-order valence-electron chi connectivity index (χ0n) is 12.0. The highest BCUT2D eigenvalue weighted by Crippen LogP contribution is 2.21. The molecule has 1 heterocycles. The number of nitrogens with one attached hydrogen (secondary N) is 1. The number of ether oxygens (including phenoxy) is 1. The predicted octanol–water partition coefficient (Wildman–Crippen LogP) is 2.42. The van der Waals surface area contributed by atoms with Crippen LogP contribution in [0.2, 0.25) is 0 Å². The summed E-state index contributed by atoms with van der Waals surface area (Å²) in [5.74, 6) is 0.308. The molecule has 0 fully saturated rings. The average Bonchev–Trinajstić information content (AvgIpc) is 3.02. The predicted molar refractivity (Wildman–Crippen MR) is 84.9 cm³/mol. The van der Waals surface area contributed by atoms with Crippen molar-refractivity contribution in [3.8, 4) is 0 Å². The van der Waals surface area contributed by atoms with E-state index < -0.39 is 0 Å². The van der Waals surface area contributed by atoms with Gasteiger partial charge in [-0.2, -0.15) is 0 Å². The molecule has 1 aromatic heterocycles. The van der Waals surface area contributed by atoms with Crippen LogP contribution < -0.4 is 5.56 Å². The fraction of sp³-hybridized carbons (Fsp3) is 0.188. The van der Waals surface area contributed by atoms with Crippen LogP contribution in [0.15, 0.2) is 40.3 Å². The molecule has 0 atom stereocenters. The number of thioether (sulfide) groups is 1. The molecule has 0 saturated carbocycles. The molecule has 1 aromatic carbocycles. The van der Waals surface area contributed by atoms with Crippen LogP contribution in [0, 0.1) is 0 Å². The molecular formula is C16H14N2O3S. The third-order valence-electron chi connectivity index (χ3n) is 3.37. The Morgan fingerprint density at radius 3 is 2.86 bits per heavy atom. The standard InChI is InChI=1S/C16H14N2O3S/c1-21-15(20)11-7-5-10(6-8-11)9-22-16-17-13-4-2-3-12(13)14(19)18-16/h2,4-8H,3,9H2,1H3,(H,17,18,19). The summed E-state index contributed by atoms with van der Waals surface area (Å²) < 4.78 is 4.66. The second kappa shape index (κ2) is 6.19. The molecule has 1 aliphatic carbocycles. The molecule has 1 N–H and O–H groups in total. The van der Waals surface area contributed by atoms with E-state index >= 15 is 0 Å². The van der Waals surface area contributed by atoms with Gasteiger partial charge in [0.15, 0.2) is 5.16 Å². The van der Waals surface area contributed by atoms with Crippen LogP contribution in [-0.2, 0) is 16.9 Å². The lowest BCUT2D eigenvalue weighted by Crippen LogP contribution is -2.14. The normalized spacial score (nSPS) is 12.2. The molecule has 2 aromatic rings. The lowest BCUT2D eigenvalue weighted by atomic mass is 10.1. The third kappa shape index (κ3) is 2.96. The average molecular weight is 314 g/mol. The van der Waals surface area contributed by atoms with Gasteiger partial charge in [0, 0.05) is 11.3 Å². The van der Waals surface area contributed by atoms with E-state index in [2.05, 4.69) is 14.7 Å². The van der Waals surface area contributed by atoms with E-state index in [0.717, 1.165) is 16.8 Å². The summed E-state index contributed by atoms with van der Waals surface area (Å²) in [6.07, 6.45) is 4.46. The van der Waals surface area contributed by atoms with Crippen molar-refractivity contribution < 1.29 is 9.53 Å².